The molecule has 1 heterocycles. The fraction of sp³-hybridized carbons (Fsp3) is 0.467. The summed E-state index contributed by atoms with van der Waals surface area (Å²) in [7, 11) is 5.70. The first kappa shape index (κ1) is 15.5. The molecule has 2 rings (SSSR count). The highest BCUT2D eigenvalue weighted by molar-refractivity contribution is 5.79. The van der Waals surface area contributed by atoms with E-state index in [9.17, 15) is 4.79 Å². The molecule has 0 saturated heterocycles. The number of imidazole rings is 1. The van der Waals surface area contributed by atoms with E-state index in [-0.39, 0.29) is 6.42 Å². The van der Waals surface area contributed by atoms with Gasteiger partial charge in [0.05, 0.1) is 17.5 Å². The summed E-state index contributed by atoms with van der Waals surface area (Å²) < 4.78 is 7.34. The number of aromatic nitrogens is 2. The van der Waals surface area contributed by atoms with E-state index in [1.165, 1.54) is 0 Å². The Balaban J connectivity index is 2.38. The number of hydrogen-bond acceptors (Lipinski definition) is 4. The normalized spacial score (nSPS) is 11.4. The Labute approximate surface area is 124 Å². The molecule has 21 heavy (non-hydrogen) atoms. The summed E-state index contributed by atoms with van der Waals surface area (Å²) in [5.41, 5.74) is 2.59. The largest absolute Gasteiger partial charge is 0.481 e. The second-order valence-corrected chi connectivity index (χ2v) is 5.31. The topological polar surface area (TPSA) is 67.6 Å². The van der Waals surface area contributed by atoms with Gasteiger partial charge in [0.2, 0.25) is 0 Å². The average Bonchev–Trinajstić information content (AvgIpc) is 2.72. The van der Waals surface area contributed by atoms with Gasteiger partial charge in [-0.15, -0.1) is 0 Å². The molecular formula is C15H21N3O3. The number of carboxylic acid groups (broad SMARTS) is 1. The van der Waals surface area contributed by atoms with Crippen LogP contribution in [-0.2, 0) is 29.1 Å². The maximum Gasteiger partial charge on any atom is 0.307 e. The third-order valence-electron chi connectivity index (χ3n) is 3.29. The number of carbonyl (C=O) groups is 1. The van der Waals surface area contributed by atoms with Crippen molar-refractivity contribution in [2.45, 2.75) is 19.6 Å². The molecule has 6 heteroatoms. The van der Waals surface area contributed by atoms with E-state index < -0.39 is 5.97 Å². The predicted octanol–water partition coefficient (Wildman–Crippen LogP) is 1.37. The zero-order valence-corrected chi connectivity index (χ0v) is 12.7. The van der Waals surface area contributed by atoms with Gasteiger partial charge in [0.1, 0.15) is 12.4 Å². The molecule has 1 N–H and O–H groups in total. The number of nitrogens with zero attached hydrogens (tertiary/aromatic N) is 3. The zero-order chi connectivity index (χ0) is 15.4. The molecule has 0 spiro atoms. The van der Waals surface area contributed by atoms with Crippen LogP contribution in [0.5, 0.6) is 0 Å². The quantitative estimate of drug-likeness (QED) is 0.834. The molecule has 114 valence electrons. The number of likely N-dealkylation sites (N-methyl/N-ethyl adjacent to an activating group) is 1. The van der Waals surface area contributed by atoms with Crippen LogP contribution in [0.3, 0.4) is 0 Å². The first-order valence-electron chi connectivity index (χ1n) is 6.84. The lowest BCUT2D eigenvalue weighted by Crippen LogP contribution is -2.19. The third-order valence-corrected chi connectivity index (χ3v) is 3.29. The molecule has 2 aromatic rings. The molecule has 0 unspecified atom stereocenters. The van der Waals surface area contributed by atoms with Gasteiger partial charge in [-0.1, -0.05) is 6.07 Å². The summed E-state index contributed by atoms with van der Waals surface area (Å²) >= 11 is 0. The highest BCUT2D eigenvalue weighted by Crippen LogP contribution is 2.19. The van der Waals surface area contributed by atoms with Gasteiger partial charge < -0.3 is 19.3 Å². The van der Waals surface area contributed by atoms with Crippen molar-refractivity contribution in [1.29, 1.82) is 0 Å². The number of rotatable bonds is 7. The summed E-state index contributed by atoms with van der Waals surface area (Å²) in [5, 5.41) is 8.88. The third kappa shape index (κ3) is 3.80. The van der Waals surface area contributed by atoms with Crippen LogP contribution in [0.15, 0.2) is 18.2 Å². The van der Waals surface area contributed by atoms with Gasteiger partial charge in [-0.25, -0.2) is 4.98 Å². The lowest BCUT2D eigenvalue weighted by molar-refractivity contribution is -0.136. The van der Waals surface area contributed by atoms with E-state index in [0.717, 1.165) is 35.5 Å². The van der Waals surface area contributed by atoms with Crippen molar-refractivity contribution < 1.29 is 14.6 Å². The second-order valence-electron chi connectivity index (χ2n) is 5.31. The predicted molar refractivity (Wildman–Crippen MR) is 80.3 cm³/mol. The summed E-state index contributed by atoms with van der Waals surface area (Å²) in [4.78, 5) is 17.5. The summed E-state index contributed by atoms with van der Waals surface area (Å²) in [6.45, 7) is 2.16. The first-order valence-corrected chi connectivity index (χ1v) is 6.84. The van der Waals surface area contributed by atoms with E-state index >= 15 is 0 Å². The van der Waals surface area contributed by atoms with Crippen molar-refractivity contribution >= 4 is 17.0 Å². The summed E-state index contributed by atoms with van der Waals surface area (Å²) in [6, 6.07) is 5.63. The molecule has 1 aromatic heterocycles. The van der Waals surface area contributed by atoms with E-state index in [4.69, 9.17) is 9.84 Å². The van der Waals surface area contributed by atoms with Crippen LogP contribution in [-0.4, -0.2) is 53.3 Å². The Morgan fingerprint density at radius 2 is 2.19 bits per heavy atom. The number of methoxy groups -OCH3 is 1. The summed E-state index contributed by atoms with van der Waals surface area (Å²) in [5.74, 6) is 0.0281. The van der Waals surface area contributed by atoms with Crippen LogP contribution in [0.4, 0.5) is 0 Å². The molecule has 0 bridgehead atoms. The molecule has 6 nitrogen and oxygen atoms in total. The van der Waals surface area contributed by atoms with E-state index in [0.29, 0.717) is 6.61 Å². The van der Waals surface area contributed by atoms with E-state index in [2.05, 4.69) is 14.5 Å². The molecule has 0 saturated carbocycles. The van der Waals surface area contributed by atoms with Crippen LogP contribution in [0.1, 0.15) is 11.4 Å². The molecule has 0 aliphatic rings. The Morgan fingerprint density at radius 1 is 1.43 bits per heavy atom. The van der Waals surface area contributed by atoms with Crippen molar-refractivity contribution in [1.82, 2.24) is 14.5 Å². The number of hydrogen-bond donors (Lipinski definition) is 1. The molecule has 0 fully saturated rings. The minimum absolute atomic E-state index is 0.0140. The zero-order valence-electron chi connectivity index (χ0n) is 12.7. The number of fused-ring (bicyclic) bond motifs is 1. The lowest BCUT2D eigenvalue weighted by atomic mass is 10.1. The Kier molecular flexibility index (Phi) is 4.93. The van der Waals surface area contributed by atoms with Crippen LogP contribution in [0.2, 0.25) is 0 Å². The average molecular weight is 291 g/mol. The van der Waals surface area contributed by atoms with Gasteiger partial charge in [-0.05, 0) is 31.8 Å². The Hall–Kier alpha value is -1.92. The first-order chi connectivity index (χ1) is 10.0. The molecule has 0 amide bonds. The fourth-order valence-electron chi connectivity index (χ4n) is 2.30. The van der Waals surface area contributed by atoms with Crippen molar-refractivity contribution in [2.24, 2.45) is 0 Å². The standard InChI is InChI=1S/C15H21N3O3/c1-17(2)6-7-18-13-5-4-11(9-15(19)20)8-12(13)16-14(18)10-21-3/h4-5,8H,6-7,9-10H2,1-3H3,(H,19,20). The molecule has 1 aromatic carbocycles. The van der Waals surface area contributed by atoms with Crippen LogP contribution < -0.4 is 0 Å². The lowest BCUT2D eigenvalue weighted by Gasteiger charge is -2.13. The van der Waals surface area contributed by atoms with E-state index in [1.807, 2.05) is 32.3 Å². The monoisotopic (exact) mass is 291 g/mol. The number of benzene rings is 1. The second kappa shape index (κ2) is 6.69. The van der Waals surface area contributed by atoms with Crippen molar-refractivity contribution in [3.63, 3.8) is 0 Å². The van der Waals surface area contributed by atoms with E-state index in [1.54, 1.807) is 7.11 Å². The van der Waals surface area contributed by atoms with Gasteiger partial charge in [0, 0.05) is 20.2 Å². The minimum atomic E-state index is -0.835. The number of aliphatic carboxylic acids is 1. The van der Waals surface area contributed by atoms with Crippen LogP contribution in [0.25, 0.3) is 11.0 Å². The van der Waals surface area contributed by atoms with Crippen molar-refractivity contribution in [3.05, 3.63) is 29.6 Å². The van der Waals surface area contributed by atoms with Gasteiger partial charge >= 0.3 is 5.97 Å². The molecular weight excluding hydrogens is 270 g/mol. The Bertz CT molecular complexity index is 634. The highest BCUT2D eigenvalue weighted by atomic mass is 16.5. The maximum absolute atomic E-state index is 10.8. The molecule has 0 aliphatic heterocycles. The minimum Gasteiger partial charge on any atom is -0.481 e. The highest BCUT2D eigenvalue weighted by Gasteiger charge is 2.12. The molecule has 0 atom stereocenters. The van der Waals surface area contributed by atoms with Gasteiger partial charge in [0.15, 0.2) is 0 Å². The van der Waals surface area contributed by atoms with Crippen LogP contribution in [0, 0.1) is 0 Å². The van der Waals surface area contributed by atoms with Crippen molar-refractivity contribution in [3.8, 4) is 0 Å². The van der Waals surface area contributed by atoms with Gasteiger partial charge in [-0.3, -0.25) is 4.79 Å². The number of ether oxygens (including phenoxy) is 1. The molecule has 0 radical (unpaired) electrons. The Morgan fingerprint density at radius 3 is 2.81 bits per heavy atom. The van der Waals surface area contributed by atoms with Gasteiger partial charge in [0.25, 0.3) is 0 Å². The smallest absolute Gasteiger partial charge is 0.307 e. The van der Waals surface area contributed by atoms with Crippen LogP contribution >= 0.6 is 0 Å². The number of carboxylic acids is 1. The summed E-state index contributed by atoms with van der Waals surface area (Å²) in [6.07, 6.45) is 0.0140. The van der Waals surface area contributed by atoms with Crippen molar-refractivity contribution in [2.75, 3.05) is 27.7 Å². The maximum atomic E-state index is 10.8. The molecule has 0 aliphatic carbocycles. The fourth-order valence-corrected chi connectivity index (χ4v) is 2.30. The van der Waals surface area contributed by atoms with Gasteiger partial charge in [-0.2, -0.15) is 0 Å². The SMILES string of the molecule is COCc1nc2cc(CC(=O)O)ccc2n1CCN(C)C.